The lowest BCUT2D eigenvalue weighted by Crippen LogP contribution is -2.45. The van der Waals surface area contributed by atoms with Gasteiger partial charge in [0.05, 0.1) is 18.8 Å². The summed E-state index contributed by atoms with van der Waals surface area (Å²) in [6, 6.07) is -0.644. The Balaban J connectivity index is 3.51. The third-order valence-corrected chi connectivity index (χ3v) is 13.4. The molecule has 0 rings (SSSR count). The molecule has 0 bridgehead atoms. The summed E-state index contributed by atoms with van der Waals surface area (Å²) in [5.41, 5.74) is 0. The van der Waals surface area contributed by atoms with Crippen LogP contribution in [0.5, 0.6) is 0 Å². The minimum atomic E-state index is -0.869. The van der Waals surface area contributed by atoms with E-state index in [1.54, 1.807) is 6.08 Å². The Labute approximate surface area is 395 Å². The molecule has 0 fully saturated rings. The Morgan fingerprint density at radius 1 is 0.365 bits per heavy atom. The number of hydrogen-bond acceptors (Lipinski definition) is 3. The van der Waals surface area contributed by atoms with Crippen LogP contribution >= 0.6 is 0 Å². The Morgan fingerprint density at radius 2 is 0.619 bits per heavy atom. The smallest absolute Gasteiger partial charge is 0.220 e. The molecule has 63 heavy (non-hydrogen) atoms. The molecule has 0 aliphatic rings. The number of hydrogen-bond donors (Lipinski definition) is 3. The quantitative estimate of drug-likeness (QED) is 0.0421. The molecule has 2 atom stereocenters. The molecule has 0 saturated carbocycles. The molecule has 372 valence electrons. The van der Waals surface area contributed by atoms with Gasteiger partial charge in [-0.3, -0.25) is 4.79 Å². The van der Waals surface area contributed by atoms with E-state index in [0.717, 1.165) is 38.5 Å². The minimum Gasteiger partial charge on any atom is -0.394 e. The van der Waals surface area contributed by atoms with Crippen molar-refractivity contribution in [1.82, 2.24) is 5.32 Å². The summed E-state index contributed by atoms with van der Waals surface area (Å²) in [7, 11) is 0. The summed E-state index contributed by atoms with van der Waals surface area (Å²) in [6.45, 7) is 4.33. The summed E-state index contributed by atoms with van der Waals surface area (Å²) >= 11 is 0. The van der Waals surface area contributed by atoms with Crippen LogP contribution in [0.2, 0.25) is 0 Å². The maximum Gasteiger partial charge on any atom is 0.220 e. The normalized spacial score (nSPS) is 13.0. The van der Waals surface area contributed by atoms with Crippen molar-refractivity contribution in [3.8, 4) is 0 Å². The van der Waals surface area contributed by atoms with Gasteiger partial charge in [-0.1, -0.05) is 301 Å². The maximum atomic E-state index is 12.5. The van der Waals surface area contributed by atoms with Crippen molar-refractivity contribution in [2.24, 2.45) is 0 Å². The van der Waals surface area contributed by atoms with Gasteiger partial charge in [-0.05, 0) is 44.9 Å². The average molecular weight is 885 g/mol. The van der Waals surface area contributed by atoms with E-state index >= 15 is 0 Å². The molecule has 4 heteroatoms. The monoisotopic (exact) mass is 884 g/mol. The molecule has 0 aromatic rings. The number of carbonyl (C=O) groups is 1. The van der Waals surface area contributed by atoms with Crippen LogP contribution in [0.3, 0.4) is 0 Å². The Morgan fingerprint density at radius 3 is 0.921 bits per heavy atom. The Kier molecular flexibility index (Phi) is 53.7. The minimum absolute atomic E-state index is 0.0716. The van der Waals surface area contributed by atoms with E-state index in [-0.39, 0.29) is 12.5 Å². The highest BCUT2D eigenvalue weighted by molar-refractivity contribution is 5.76. The molecule has 0 radical (unpaired) electrons. The van der Waals surface area contributed by atoms with E-state index < -0.39 is 12.1 Å². The predicted molar refractivity (Wildman–Crippen MR) is 281 cm³/mol. The number of aliphatic hydroxyl groups excluding tert-OH is 2. The lowest BCUT2D eigenvalue weighted by molar-refractivity contribution is -0.123. The largest absolute Gasteiger partial charge is 0.394 e. The highest BCUT2D eigenvalue weighted by atomic mass is 16.3. The van der Waals surface area contributed by atoms with Crippen molar-refractivity contribution in [2.75, 3.05) is 6.61 Å². The van der Waals surface area contributed by atoms with Crippen LogP contribution in [0, 0.1) is 0 Å². The molecule has 1 amide bonds. The summed E-state index contributed by atoms with van der Waals surface area (Å²) < 4.78 is 0. The van der Waals surface area contributed by atoms with Gasteiger partial charge in [0.25, 0.3) is 0 Å². The summed E-state index contributed by atoms with van der Waals surface area (Å²) in [5.74, 6) is -0.0716. The molecule has 0 spiro atoms. The van der Waals surface area contributed by atoms with Gasteiger partial charge in [0.2, 0.25) is 5.91 Å². The Bertz CT molecular complexity index is 958. The van der Waals surface area contributed by atoms with Gasteiger partial charge in [-0.15, -0.1) is 0 Å². The highest BCUT2D eigenvalue weighted by Crippen LogP contribution is 2.17. The fraction of sp³-hybridized carbons (Fsp3) is 0.881. The first-order chi connectivity index (χ1) is 31.2. The van der Waals surface area contributed by atoms with Crippen molar-refractivity contribution >= 4 is 5.91 Å². The van der Waals surface area contributed by atoms with Crippen molar-refractivity contribution in [3.63, 3.8) is 0 Å². The number of rotatable bonds is 53. The standard InChI is InChI=1S/C59H113NO3/c1-3-5-7-9-11-13-15-17-19-21-23-25-27-29-30-31-33-35-37-39-41-43-45-47-49-51-53-55-59(63)60-57(56-61)58(62)54-52-50-48-46-44-42-40-38-36-34-32-28-26-24-22-20-18-16-14-12-10-8-6-4-2/h36,38,44,46,52,54,57-58,61-62H,3-35,37,39-43,45,47-51,53,55-56H2,1-2H3,(H,60,63)/b38-36+,46-44+,54-52+. The highest BCUT2D eigenvalue weighted by Gasteiger charge is 2.18. The first-order valence-corrected chi connectivity index (χ1v) is 28.7. The lowest BCUT2D eigenvalue weighted by Gasteiger charge is -2.19. The Hall–Kier alpha value is -1.39. The number of allylic oxidation sites excluding steroid dienone is 5. The van der Waals surface area contributed by atoms with Crippen LogP contribution in [-0.2, 0) is 4.79 Å². The number of nitrogens with one attached hydrogen (secondary N) is 1. The topological polar surface area (TPSA) is 69.6 Å². The molecular weight excluding hydrogens is 771 g/mol. The second-order valence-electron chi connectivity index (χ2n) is 19.7. The molecule has 0 heterocycles. The van der Waals surface area contributed by atoms with Crippen molar-refractivity contribution in [3.05, 3.63) is 36.5 Å². The lowest BCUT2D eigenvalue weighted by atomic mass is 10.0. The zero-order valence-corrected chi connectivity index (χ0v) is 42.9. The van der Waals surface area contributed by atoms with Gasteiger partial charge in [0.15, 0.2) is 0 Å². The first-order valence-electron chi connectivity index (χ1n) is 28.7. The zero-order valence-electron chi connectivity index (χ0n) is 42.9. The van der Waals surface area contributed by atoms with Crippen molar-refractivity contribution < 1.29 is 15.0 Å². The summed E-state index contributed by atoms with van der Waals surface area (Å²) in [6.07, 6.45) is 74.6. The molecule has 0 aromatic heterocycles. The SMILES string of the molecule is CCCCCCCCCCCCCCCC/C=C/CC/C=C/CC/C=C/C(O)C(CO)NC(=O)CCCCCCCCCCCCCCCCCCCCCCCCCCCCC. The molecule has 4 nitrogen and oxygen atoms in total. The van der Waals surface area contributed by atoms with Crippen molar-refractivity contribution in [1.29, 1.82) is 0 Å². The van der Waals surface area contributed by atoms with Gasteiger partial charge in [-0.25, -0.2) is 0 Å². The van der Waals surface area contributed by atoms with Crippen molar-refractivity contribution in [2.45, 2.75) is 328 Å². The van der Waals surface area contributed by atoms with Gasteiger partial charge in [-0.2, -0.15) is 0 Å². The van der Waals surface area contributed by atoms with E-state index in [1.165, 1.54) is 257 Å². The molecular formula is C59H113NO3. The van der Waals surface area contributed by atoms with Crippen LogP contribution in [0.25, 0.3) is 0 Å². The second kappa shape index (κ2) is 54.9. The fourth-order valence-corrected chi connectivity index (χ4v) is 8.98. The maximum absolute atomic E-state index is 12.5. The summed E-state index contributed by atoms with van der Waals surface area (Å²) in [5, 5.41) is 23.1. The molecule has 0 aliphatic heterocycles. The van der Waals surface area contributed by atoms with Gasteiger partial charge < -0.3 is 15.5 Å². The number of carbonyl (C=O) groups excluding carboxylic acids is 1. The first kappa shape index (κ1) is 61.6. The van der Waals surface area contributed by atoms with E-state index in [0.29, 0.717) is 6.42 Å². The van der Waals surface area contributed by atoms with E-state index in [4.69, 9.17) is 0 Å². The van der Waals surface area contributed by atoms with Crippen LogP contribution in [0.4, 0.5) is 0 Å². The van der Waals surface area contributed by atoms with Gasteiger partial charge in [0.1, 0.15) is 0 Å². The van der Waals surface area contributed by atoms with Gasteiger partial charge >= 0.3 is 0 Å². The number of unbranched alkanes of at least 4 members (excludes halogenated alkanes) is 42. The third kappa shape index (κ3) is 51.5. The zero-order chi connectivity index (χ0) is 45.6. The predicted octanol–water partition coefficient (Wildman–Crippen LogP) is 18.9. The molecule has 0 aliphatic carbocycles. The van der Waals surface area contributed by atoms with Crippen LogP contribution < -0.4 is 5.32 Å². The average Bonchev–Trinajstić information content (AvgIpc) is 3.29. The number of amides is 1. The van der Waals surface area contributed by atoms with Crippen LogP contribution in [-0.4, -0.2) is 34.9 Å². The third-order valence-electron chi connectivity index (χ3n) is 13.4. The van der Waals surface area contributed by atoms with Gasteiger partial charge in [0, 0.05) is 6.42 Å². The fourth-order valence-electron chi connectivity index (χ4n) is 8.98. The van der Waals surface area contributed by atoms with Crippen LogP contribution in [0.1, 0.15) is 316 Å². The number of aliphatic hydroxyl groups is 2. The molecule has 0 aromatic carbocycles. The van der Waals surface area contributed by atoms with E-state index in [1.807, 2.05) is 6.08 Å². The van der Waals surface area contributed by atoms with E-state index in [9.17, 15) is 15.0 Å². The summed E-state index contributed by atoms with van der Waals surface area (Å²) in [4.78, 5) is 12.5. The van der Waals surface area contributed by atoms with Crippen LogP contribution in [0.15, 0.2) is 36.5 Å². The molecule has 2 unspecified atom stereocenters. The second-order valence-corrected chi connectivity index (χ2v) is 19.7. The van der Waals surface area contributed by atoms with E-state index in [2.05, 4.69) is 43.5 Å². The molecule has 3 N–H and O–H groups in total. The molecule has 0 saturated heterocycles.